The summed E-state index contributed by atoms with van der Waals surface area (Å²) in [7, 11) is 0. The Morgan fingerprint density at radius 1 is 1.35 bits per heavy atom. The Morgan fingerprint density at radius 2 is 2.06 bits per heavy atom. The van der Waals surface area contributed by atoms with Gasteiger partial charge in [0.05, 0.1) is 5.92 Å². The monoisotopic (exact) mass is 240 g/mol. The maximum atomic E-state index is 11.2. The van der Waals surface area contributed by atoms with Crippen molar-refractivity contribution < 1.29 is 9.90 Å². The minimum atomic E-state index is -0.593. The quantitative estimate of drug-likeness (QED) is 0.759. The molecule has 0 spiro atoms. The standard InChI is InChI=1S/C13H24N2O2/c1-3-14(4-2)7-8-15-10-5-6-12(15)11(9-10)13(16)17/h10-12H,3-9H2,1-2H3,(H,16,17). The van der Waals surface area contributed by atoms with Crippen LogP contribution in [0.1, 0.15) is 33.1 Å². The number of aliphatic carboxylic acids is 1. The minimum Gasteiger partial charge on any atom is -0.481 e. The molecule has 2 aliphatic heterocycles. The molecule has 2 rings (SSSR count). The van der Waals surface area contributed by atoms with Crippen molar-refractivity contribution in [3.8, 4) is 0 Å². The van der Waals surface area contributed by atoms with E-state index < -0.39 is 5.97 Å². The molecule has 17 heavy (non-hydrogen) atoms. The summed E-state index contributed by atoms with van der Waals surface area (Å²) in [6, 6.07) is 0.852. The lowest BCUT2D eigenvalue weighted by atomic mass is 9.89. The van der Waals surface area contributed by atoms with Crippen LogP contribution in [0.2, 0.25) is 0 Å². The number of nitrogens with zero attached hydrogens (tertiary/aromatic N) is 2. The number of hydrogen-bond donors (Lipinski definition) is 1. The fourth-order valence-corrected chi connectivity index (χ4v) is 3.51. The Morgan fingerprint density at radius 3 is 2.59 bits per heavy atom. The van der Waals surface area contributed by atoms with Gasteiger partial charge in [-0.05, 0) is 32.4 Å². The van der Waals surface area contributed by atoms with Crippen molar-refractivity contribution in [2.24, 2.45) is 5.92 Å². The van der Waals surface area contributed by atoms with Gasteiger partial charge in [-0.15, -0.1) is 0 Å². The van der Waals surface area contributed by atoms with E-state index in [9.17, 15) is 9.90 Å². The van der Waals surface area contributed by atoms with E-state index in [2.05, 4.69) is 23.6 Å². The van der Waals surface area contributed by atoms with Gasteiger partial charge in [0, 0.05) is 25.2 Å². The van der Waals surface area contributed by atoms with Gasteiger partial charge in [0.2, 0.25) is 0 Å². The first-order valence-electron chi connectivity index (χ1n) is 6.88. The summed E-state index contributed by atoms with van der Waals surface area (Å²) >= 11 is 0. The molecule has 2 fully saturated rings. The van der Waals surface area contributed by atoms with Crippen molar-refractivity contribution in [2.75, 3.05) is 26.2 Å². The molecule has 0 aromatic rings. The fourth-order valence-electron chi connectivity index (χ4n) is 3.51. The molecule has 3 atom stereocenters. The molecular formula is C13H24N2O2. The Hall–Kier alpha value is -0.610. The number of rotatable bonds is 6. The SMILES string of the molecule is CCN(CC)CCN1C2CCC1C(C(=O)O)C2. The van der Waals surface area contributed by atoms with Crippen LogP contribution in [-0.4, -0.2) is 59.1 Å². The van der Waals surface area contributed by atoms with Crippen molar-refractivity contribution in [3.63, 3.8) is 0 Å². The summed E-state index contributed by atoms with van der Waals surface area (Å²) in [4.78, 5) is 16.0. The van der Waals surface area contributed by atoms with Crippen molar-refractivity contribution in [2.45, 2.75) is 45.2 Å². The van der Waals surface area contributed by atoms with Crippen molar-refractivity contribution in [1.29, 1.82) is 0 Å². The van der Waals surface area contributed by atoms with Crippen LogP contribution in [0.4, 0.5) is 0 Å². The highest BCUT2D eigenvalue weighted by molar-refractivity contribution is 5.71. The normalized spacial score (nSPS) is 32.5. The Labute approximate surface area is 104 Å². The first kappa shape index (κ1) is 12.8. The van der Waals surface area contributed by atoms with Crippen LogP contribution in [0, 0.1) is 5.92 Å². The maximum absolute atomic E-state index is 11.2. The van der Waals surface area contributed by atoms with Crippen LogP contribution in [0.3, 0.4) is 0 Å². The van der Waals surface area contributed by atoms with E-state index in [0.717, 1.165) is 39.0 Å². The van der Waals surface area contributed by atoms with Crippen molar-refractivity contribution in [1.82, 2.24) is 9.80 Å². The molecule has 2 bridgehead atoms. The van der Waals surface area contributed by atoms with Crippen LogP contribution in [0.5, 0.6) is 0 Å². The molecule has 4 heteroatoms. The van der Waals surface area contributed by atoms with Crippen LogP contribution < -0.4 is 0 Å². The predicted octanol–water partition coefficient (Wildman–Crippen LogP) is 1.27. The zero-order chi connectivity index (χ0) is 12.4. The van der Waals surface area contributed by atoms with Gasteiger partial charge in [-0.2, -0.15) is 0 Å². The fraction of sp³-hybridized carbons (Fsp3) is 0.923. The first-order valence-corrected chi connectivity index (χ1v) is 6.88. The van der Waals surface area contributed by atoms with Gasteiger partial charge in [0.1, 0.15) is 0 Å². The molecule has 0 aromatic heterocycles. The van der Waals surface area contributed by atoms with Crippen molar-refractivity contribution >= 4 is 5.97 Å². The second-order valence-corrected chi connectivity index (χ2v) is 5.24. The molecular weight excluding hydrogens is 216 g/mol. The smallest absolute Gasteiger partial charge is 0.308 e. The molecule has 2 heterocycles. The summed E-state index contributed by atoms with van der Waals surface area (Å²) in [6.07, 6.45) is 3.16. The molecule has 2 aliphatic rings. The third-order valence-electron chi connectivity index (χ3n) is 4.57. The lowest BCUT2D eigenvalue weighted by molar-refractivity contribution is -0.142. The third kappa shape index (κ3) is 2.47. The topological polar surface area (TPSA) is 43.8 Å². The average Bonchev–Trinajstić information content (AvgIpc) is 2.87. The zero-order valence-corrected chi connectivity index (χ0v) is 10.9. The number of fused-ring (bicyclic) bond motifs is 2. The van der Waals surface area contributed by atoms with Crippen LogP contribution >= 0.6 is 0 Å². The minimum absolute atomic E-state index is 0.106. The van der Waals surface area contributed by atoms with Crippen LogP contribution in [0.25, 0.3) is 0 Å². The van der Waals surface area contributed by atoms with Gasteiger partial charge < -0.3 is 10.0 Å². The molecule has 2 saturated heterocycles. The molecule has 0 radical (unpaired) electrons. The highest BCUT2D eigenvalue weighted by Gasteiger charge is 2.48. The second-order valence-electron chi connectivity index (χ2n) is 5.24. The van der Waals surface area contributed by atoms with E-state index in [-0.39, 0.29) is 5.92 Å². The van der Waals surface area contributed by atoms with Crippen LogP contribution in [-0.2, 0) is 4.79 Å². The Kier molecular flexibility index (Phi) is 4.05. The maximum Gasteiger partial charge on any atom is 0.308 e. The number of likely N-dealkylation sites (N-methyl/N-ethyl adjacent to an activating group) is 1. The summed E-state index contributed by atoms with van der Waals surface area (Å²) in [5.41, 5.74) is 0. The lowest BCUT2D eigenvalue weighted by Gasteiger charge is -2.26. The number of hydrogen-bond acceptors (Lipinski definition) is 3. The van der Waals surface area contributed by atoms with Gasteiger partial charge in [0.25, 0.3) is 0 Å². The molecule has 3 unspecified atom stereocenters. The molecule has 98 valence electrons. The number of carbonyl (C=O) groups is 1. The van der Waals surface area contributed by atoms with Gasteiger partial charge >= 0.3 is 5.97 Å². The molecule has 0 aliphatic carbocycles. The number of carboxylic acid groups (broad SMARTS) is 1. The second kappa shape index (κ2) is 5.36. The van der Waals surface area contributed by atoms with E-state index in [0.29, 0.717) is 12.1 Å². The van der Waals surface area contributed by atoms with Gasteiger partial charge in [-0.3, -0.25) is 9.69 Å². The van der Waals surface area contributed by atoms with E-state index in [1.165, 1.54) is 6.42 Å². The molecule has 4 nitrogen and oxygen atoms in total. The average molecular weight is 240 g/mol. The van der Waals surface area contributed by atoms with E-state index >= 15 is 0 Å². The van der Waals surface area contributed by atoms with Crippen molar-refractivity contribution in [3.05, 3.63) is 0 Å². The summed E-state index contributed by atoms with van der Waals surface area (Å²) in [5.74, 6) is -0.699. The van der Waals surface area contributed by atoms with Gasteiger partial charge in [-0.25, -0.2) is 0 Å². The molecule has 0 saturated carbocycles. The Balaban J connectivity index is 1.88. The molecule has 0 aromatic carbocycles. The van der Waals surface area contributed by atoms with Crippen LogP contribution in [0.15, 0.2) is 0 Å². The first-order chi connectivity index (χ1) is 8.17. The third-order valence-corrected chi connectivity index (χ3v) is 4.57. The highest BCUT2D eigenvalue weighted by atomic mass is 16.4. The highest BCUT2D eigenvalue weighted by Crippen LogP contribution is 2.41. The Bertz CT molecular complexity index is 279. The van der Waals surface area contributed by atoms with Gasteiger partial charge in [0.15, 0.2) is 0 Å². The lowest BCUT2D eigenvalue weighted by Crippen LogP contribution is -2.39. The van der Waals surface area contributed by atoms with E-state index in [4.69, 9.17) is 0 Å². The largest absolute Gasteiger partial charge is 0.481 e. The van der Waals surface area contributed by atoms with Gasteiger partial charge in [-0.1, -0.05) is 13.8 Å². The zero-order valence-electron chi connectivity index (χ0n) is 10.9. The predicted molar refractivity (Wildman–Crippen MR) is 67.0 cm³/mol. The summed E-state index contributed by atoms with van der Waals surface area (Å²) in [5, 5.41) is 9.19. The summed E-state index contributed by atoms with van der Waals surface area (Å²) < 4.78 is 0. The van der Waals surface area contributed by atoms with E-state index in [1.807, 2.05) is 0 Å². The van der Waals surface area contributed by atoms with E-state index in [1.54, 1.807) is 0 Å². The molecule has 0 amide bonds. The molecule has 1 N–H and O–H groups in total. The summed E-state index contributed by atoms with van der Waals surface area (Å²) in [6.45, 7) is 8.65. The number of carboxylic acids is 1.